The van der Waals surface area contributed by atoms with Crippen LogP contribution < -0.4 is 4.90 Å². The normalized spacial score (nSPS) is 12.0. The van der Waals surface area contributed by atoms with E-state index < -0.39 is 11.9 Å². The van der Waals surface area contributed by atoms with Crippen molar-refractivity contribution in [1.29, 1.82) is 0 Å². The molecule has 0 aliphatic rings. The van der Waals surface area contributed by atoms with E-state index in [1.165, 1.54) is 0 Å². The van der Waals surface area contributed by atoms with Gasteiger partial charge in [0.1, 0.15) is 0 Å². The number of aliphatic carboxylic acids is 1. The SMILES string of the molecule is C=C(C)CN(CC(C)C(=O)O)c1cccc(Cl)c1Cl. The number of rotatable bonds is 6. The van der Waals surface area contributed by atoms with Crippen molar-refractivity contribution < 1.29 is 9.90 Å². The molecular formula is C14H17Cl2NO2. The lowest BCUT2D eigenvalue weighted by Gasteiger charge is -2.28. The molecule has 0 amide bonds. The molecule has 0 saturated heterocycles. The topological polar surface area (TPSA) is 40.5 Å². The lowest BCUT2D eigenvalue weighted by Crippen LogP contribution is -2.33. The van der Waals surface area contributed by atoms with Gasteiger partial charge in [-0.1, -0.05) is 48.3 Å². The fourth-order valence-corrected chi connectivity index (χ4v) is 2.13. The number of hydrogen-bond acceptors (Lipinski definition) is 2. The first kappa shape index (κ1) is 15.9. The van der Waals surface area contributed by atoms with Crippen LogP contribution in [-0.4, -0.2) is 24.2 Å². The molecule has 0 heterocycles. The molecule has 0 saturated carbocycles. The molecule has 1 N–H and O–H groups in total. The van der Waals surface area contributed by atoms with Crippen LogP contribution in [0.2, 0.25) is 10.0 Å². The number of carbonyl (C=O) groups is 1. The Labute approximate surface area is 123 Å². The van der Waals surface area contributed by atoms with Crippen molar-refractivity contribution in [2.45, 2.75) is 13.8 Å². The van der Waals surface area contributed by atoms with E-state index in [-0.39, 0.29) is 0 Å². The molecule has 0 aromatic heterocycles. The van der Waals surface area contributed by atoms with Gasteiger partial charge in [0.15, 0.2) is 0 Å². The van der Waals surface area contributed by atoms with Crippen LogP contribution in [0.25, 0.3) is 0 Å². The third kappa shape index (κ3) is 4.44. The molecule has 0 radical (unpaired) electrons. The Morgan fingerprint density at radius 2 is 2.11 bits per heavy atom. The number of nitrogens with zero attached hydrogens (tertiary/aromatic N) is 1. The molecule has 5 heteroatoms. The fourth-order valence-electron chi connectivity index (χ4n) is 1.72. The average molecular weight is 302 g/mol. The number of benzene rings is 1. The third-order valence-electron chi connectivity index (χ3n) is 2.65. The minimum Gasteiger partial charge on any atom is -0.481 e. The second-order valence-corrected chi connectivity index (χ2v) is 5.44. The Morgan fingerprint density at radius 3 is 2.63 bits per heavy atom. The van der Waals surface area contributed by atoms with Gasteiger partial charge in [-0.05, 0) is 19.1 Å². The van der Waals surface area contributed by atoms with Crippen LogP contribution in [0, 0.1) is 5.92 Å². The second kappa shape index (κ2) is 6.83. The van der Waals surface area contributed by atoms with Crippen molar-refractivity contribution >= 4 is 34.9 Å². The van der Waals surface area contributed by atoms with Gasteiger partial charge < -0.3 is 10.0 Å². The van der Waals surface area contributed by atoms with Crippen LogP contribution in [0.5, 0.6) is 0 Å². The van der Waals surface area contributed by atoms with Gasteiger partial charge in [-0.15, -0.1) is 0 Å². The number of hydrogen-bond donors (Lipinski definition) is 1. The van der Waals surface area contributed by atoms with E-state index in [2.05, 4.69) is 6.58 Å². The summed E-state index contributed by atoms with van der Waals surface area (Å²) >= 11 is 12.2. The molecule has 1 rings (SSSR count). The summed E-state index contributed by atoms with van der Waals surface area (Å²) in [7, 11) is 0. The van der Waals surface area contributed by atoms with Gasteiger partial charge in [0, 0.05) is 13.1 Å². The highest BCUT2D eigenvalue weighted by molar-refractivity contribution is 6.43. The van der Waals surface area contributed by atoms with Crippen molar-refractivity contribution in [3.8, 4) is 0 Å². The highest BCUT2D eigenvalue weighted by atomic mass is 35.5. The predicted octanol–water partition coefficient (Wildman–Crippen LogP) is 4.10. The molecule has 3 nitrogen and oxygen atoms in total. The summed E-state index contributed by atoms with van der Waals surface area (Å²) in [5.74, 6) is -1.35. The zero-order valence-electron chi connectivity index (χ0n) is 11.0. The van der Waals surface area contributed by atoms with Crippen LogP contribution in [0.3, 0.4) is 0 Å². The summed E-state index contributed by atoms with van der Waals surface area (Å²) in [6, 6.07) is 5.32. The van der Waals surface area contributed by atoms with Crippen LogP contribution in [0.1, 0.15) is 13.8 Å². The number of halogens is 2. The molecule has 0 fully saturated rings. The highest BCUT2D eigenvalue weighted by Crippen LogP contribution is 2.33. The van der Waals surface area contributed by atoms with Gasteiger partial charge in [-0.2, -0.15) is 0 Å². The van der Waals surface area contributed by atoms with Crippen molar-refractivity contribution in [3.05, 3.63) is 40.4 Å². The molecule has 19 heavy (non-hydrogen) atoms. The summed E-state index contributed by atoms with van der Waals surface area (Å²) in [5.41, 5.74) is 1.65. The first-order valence-electron chi connectivity index (χ1n) is 5.89. The summed E-state index contributed by atoms with van der Waals surface area (Å²) in [5, 5.41) is 9.91. The van der Waals surface area contributed by atoms with Crippen LogP contribution >= 0.6 is 23.2 Å². The van der Waals surface area contributed by atoms with E-state index in [4.69, 9.17) is 28.3 Å². The zero-order valence-corrected chi connectivity index (χ0v) is 12.5. The standard InChI is InChI=1S/C14H17Cl2NO2/c1-9(2)7-17(8-10(3)14(18)19)12-6-4-5-11(15)13(12)16/h4-6,10H,1,7-8H2,2-3H3,(H,18,19). The van der Waals surface area contributed by atoms with Gasteiger partial charge in [0.05, 0.1) is 21.7 Å². The van der Waals surface area contributed by atoms with E-state index in [0.29, 0.717) is 23.1 Å². The summed E-state index contributed by atoms with van der Waals surface area (Å²) in [4.78, 5) is 12.9. The molecule has 0 bridgehead atoms. The Morgan fingerprint density at radius 1 is 1.47 bits per heavy atom. The smallest absolute Gasteiger partial charge is 0.308 e. The quantitative estimate of drug-likeness (QED) is 0.804. The van der Waals surface area contributed by atoms with Crippen LogP contribution in [-0.2, 0) is 4.79 Å². The predicted molar refractivity (Wildman–Crippen MR) is 80.3 cm³/mol. The lowest BCUT2D eigenvalue weighted by atomic mass is 10.1. The summed E-state index contributed by atoms with van der Waals surface area (Å²) in [6.45, 7) is 8.29. The minimum absolute atomic E-state index is 0.349. The molecule has 1 aromatic rings. The first-order chi connectivity index (χ1) is 8.82. The molecule has 0 aliphatic heterocycles. The second-order valence-electron chi connectivity index (χ2n) is 4.65. The Bertz CT molecular complexity index is 488. The molecule has 1 unspecified atom stereocenters. The summed E-state index contributed by atoms with van der Waals surface area (Å²) in [6.07, 6.45) is 0. The maximum absolute atomic E-state index is 11.0. The Kier molecular flexibility index (Phi) is 5.70. The molecule has 104 valence electrons. The van der Waals surface area contributed by atoms with E-state index >= 15 is 0 Å². The lowest BCUT2D eigenvalue weighted by molar-refractivity contribution is -0.140. The fraction of sp³-hybridized carbons (Fsp3) is 0.357. The van der Waals surface area contributed by atoms with E-state index in [9.17, 15) is 4.79 Å². The van der Waals surface area contributed by atoms with E-state index in [1.54, 1.807) is 19.1 Å². The molecule has 0 aliphatic carbocycles. The first-order valence-corrected chi connectivity index (χ1v) is 6.64. The van der Waals surface area contributed by atoms with Gasteiger partial charge in [-0.25, -0.2) is 0 Å². The van der Waals surface area contributed by atoms with Crippen molar-refractivity contribution in [1.82, 2.24) is 0 Å². The van der Waals surface area contributed by atoms with Crippen molar-refractivity contribution in [3.63, 3.8) is 0 Å². The molecule has 1 atom stereocenters. The zero-order chi connectivity index (χ0) is 14.6. The maximum atomic E-state index is 11.0. The van der Waals surface area contributed by atoms with E-state index in [0.717, 1.165) is 11.3 Å². The largest absolute Gasteiger partial charge is 0.481 e. The highest BCUT2D eigenvalue weighted by Gasteiger charge is 2.19. The van der Waals surface area contributed by atoms with Crippen molar-refractivity contribution in [2.75, 3.05) is 18.0 Å². The third-order valence-corrected chi connectivity index (χ3v) is 3.46. The van der Waals surface area contributed by atoms with Gasteiger partial charge in [0.2, 0.25) is 0 Å². The monoisotopic (exact) mass is 301 g/mol. The molecule has 1 aromatic carbocycles. The average Bonchev–Trinajstić information content (AvgIpc) is 2.31. The van der Waals surface area contributed by atoms with Gasteiger partial charge in [-0.3, -0.25) is 4.79 Å². The number of carboxylic acids is 1. The minimum atomic E-state index is -0.843. The van der Waals surface area contributed by atoms with Crippen LogP contribution in [0.15, 0.2) is 30.4 Å². The number of carboxylic acid groups (broad SMARTS) is 1. The Hall–Kier alpha value is -1.19. The molecular weight excluding hydrogens is 285 g/mol. The van der Waals surface area contributed by atoms with Gasteiger partial charge >= 0.3 is 5.97 Å². The van der Waals surface area contributed by atoms with E-state index in [1.807, 2.05) is 17.9 Å². The van der Waals surface area contributed by atoms with Crippen molar-refractivity contribution in [2.24, 2.45) is 5.92 Å². The maximum Gasteiger partial charge on any atom is 0.308 e. The van der Waals surface area contributed by atoms with Gasteiger partial charge in [0.25, 0.3) is 0 Å². The summed E-state index contributed by atoms with van der Waals surface area (Å²) < 4.78 is 0. The number of anilines is 1. The Balaban J connectivity index is 3.05. The molecule has 0 spiro atoms. The van der Waals surface area contributed by atoms with Crippen LogP contribution in [0.4, 0.5) is 5.69 Å².